The van der Waals surface area contributed by atoms with Gasteiger partial charge in [-0.1, -0.05) is 91.8 Å². The number of nitrogens with zero attached hydrogens (tertiary/aromatic N) is 3. The molecule has 4 aromatic carbocycles. The molecule has 0 unspecified atom stereocenters. The van der Waals surface area contributed by atoms with Crippen molar-refractivity contribution >= 4 is 63.5 Å². The van der Waals surface area contributed by atoms with Gasteiger partial charge in [-0.3, -0.25) is 0 Å². The Kier molecular flexibility index (Phi) is 11.4. The minimum absolute atomic E-state index is 0. The van der Waals surface area contributed by atoms with Crippen molar-refractivity contribution in [3.8, 4) is 11.5 Å². The first kappa shape index (κ1) is 34.6. The molecule has 0 bridgehead atoms. The van der Waals surface area contributed by atoms with Crippen molar-refractivity contribution in [3.63, 3.8) is 0 Å². The summed E-state index contributed by atoms with van der Waals surface area (Å²) in [5, 5.41) is 13.7. The summed E-state index contributed by atoms with van der Waals surface area (Å²) in [4.78, 5) is 21.4. The molecule has 0 amide bonds. The third kappa shape index (κ3) is 8.58. The molecule has 9 heteroatoms. The number of hydrogen-bond acceptors (Lipinski definition) is 8. The number of hydrogen-bond donors (Lipinski definition) is 1. The molecule has 2 heterocycles. The molecular formula is C39H36N3NaO5. The number of carbonyl (C=O) groups is 1. The SMILES string of the molecule is CC(C)(COC(=O)C=NO)C(c1ccc(OCc2ccc3ccccc3n2)cc1)c1ccc(OCc2ccc3ccccc3n2)cc1.[NaH]. The van der Waals surface area contributed by atoms with Crippen LogP contribution in [0.3, 0.4) is 0 Å². The van der Waals surface area contributed by atoms with Crippen LogP contribution in [-0.4, -0.2) is 63.5 Å². The van der Waals surface area contributed by atoms with Gasteiger partial charge in [-0.25, -0.2) is 14.8 Å². The quantitative estimate of drug-likeness (QED) is 0.0483. The second kappa shape index (κ2) is 15.9. The van der Waals surface area contributed by atoms with E-state index in [1.54, 1.807) is 0 Å². The van der Waals surface area contributed by atoms with Crippen LogP contribution < -0.4 is 9.47 Å². The van der Waals surface area contributed by atoms with Crippen LogP contribution in [0.4, 0.5) is 0 Å². The molecule has 0 aliphatic rings. The number of esters is 1. The average molecular weight is 650 g/mol. The summed E-state index contributed by atoms with van der Waals surface area (Å²) in [7, 11) is 0. The average Bonchev–Trinajstić information content (AvgIpc) is 3.10. The number of aromatic nitrogens is 2. The number of oxime groups is 1. The first-order valence-corrected chi connectivity index (χ1v) is 15.4. The van der Waals surface area contributed by atoms with Gasteiger partial charge in [0.15, 0.2) is 6.21 Å². The number of ether oxygens (including phenoxy) is 3. The summed E-state index contributed by atoms with van der Waals surface area (Å²) < 4.78 is 17.6. The van der Waals surface area contributed by atoms with Crippen molar-refractivity contribution < 1.29 is 24.2 Å². The summed E-state index contributed by atoms with van der Waals surface area (Å²) >= 11 is 0. The Morgan fingerprint density at radius 1 is 0.708 bits per heavy atom. The molecule has 0 spiro atoms. The zero-order chi connectivity index (χ0) is 32.6. The van der Waals surface area contributed by atoms with E-state index < -0.39 is 11.4 Å². The predicted molar refractivity (Wildman–Crippen MR) is 189 cm³/mol. The summed E-state index contributed by atoms with van der Waals surface area (Å²) in [6.45, 7) is 4.86. The fourth-order valence-electron chi connectivity index (χ4n) is 5.72. The van der Waals surface area contributed by atoms with Crippen molar-refractivity contribution in [1.82, 2.24) is 9.97 Å². The van der Waals surface area contributed by atoms with Crippen LogP contribution in [-0.2, 0) is 22.7 Å². The fourth-order valence-corrected chi connectivity index (χ4v) is 5.72. The minimum atomic E-state index is -0.712. The first-order valence-electron chi connectivity index (χ1n) is 15.4. The van der Waals surface area contributed by atoms with Gasteiger partial charge >= 0.3 is 35.5 Å². The molecule has 238 valence electrons. The number of pyridine rings is 2. The summed E-state index contributed by atoms with van der Waals surface area (Å²) in [6.07, 6.45) is 0.748. The van der Waals surface area contributed by atoms with Gasteiger partial charge in [0.25, 0.3) is 0 Å². The Hall–Kier alpha value is -4.76. The van der Waals surface area contributed by atoms with Crippen LogP contribution in [0.5, 0.6) is 11.5 Å². The number of rotatable bonds is 12. The van der Waals surface area contributed by atoms with Crippen molar-refractivity contribution in [2.24, 2.45) is 10.6 Å². The van der Waals surface area contributed by atoms with Gasteiger partial charge < -0.3 is 19.4 Å². The van der Waals surface area contributed by atoms with Crippen molar-refractivity contribution in [1.29, 1.82) is 0 Å². The number of fused-ring (bicyclic) bond motifs is 2. The molecule has 2 aromatic heterocycles. The third-order valence-corrected chi connectivity index (χ3v) is 8.04. The van der Waals surface area contributed by atoms with Gasteiger partial charge in [0.2, 0.25) is 0 Å². The van der Waals surface area contributed by atoms with Gasteiger partial charge in [-0.2, -0.15) is 0 Å². The first-order chi connectivity index (χ1) is 22.9. The maximum absolute atomic E-state index is 12.0. The van der Waals surface area contributed by atoms with Crippen LogP contribution in [0.25, 0.3) is 21.8 Å². The molecule has 0 aliphatic carbocycles. The molecule has 0 aliphatic heterocycles. The Morgan fingerprint density at radius 2 is 1.17 bits per heavy atom. The number of carbonyl (C=O) groups excluding carboxylic acids is 1. The molecule has 0 atom stereocenters. The second-order valence-electron chi connectivity index (χ2n) is 12.0. The van der Waals surface area contributed by atoms with Crippen molar-refractivity contribution in [3.05, 3.63) is 144 Å². The normalized spacial score (nSPS) is 11.5. The van der Waals surface area contributed by atoms with E-state index in [1.165, 1.54) is 0 Å². The van der Waals surface area contributed by atoms with Gasteiger partial charge in [-0.05, 0) is 59.7 Å². The Morgan fingerprint density at radius 3 is 1.62 bits per heavy atom. The molecule has 0 saturated heterocycles. The van der Waals surface area contributed by atoms with E-state index in [4.69, 9.17) is 29.4 Å². The van der Waals surface area contributed by atoms with Gasteiger partial charge in [0, 0.05) is 22.1 Å². The zero-order valence-corrected chi connectivity index (χ0v) is 26.2. The summed E-state index contributed by atoms with van der Waals surface area (Å²) in [6, 6.07) is 39.9. The standard InChI is InChI=1S/C39H35N3O5.Na.H/c1-39(2,26-47-37(43)23-40-44)38(29-13-19-33(20-14-29)45-24-31-17-11-27-7-3-5-9-35(27)41-31)30-15-21-34(22-16-30)46-25-32-18-12-28-8-4-6-10-36(28)42-32;;/h3-23,38,44H,24-26H2,1-2H3;;. The summed E-state index contributed by atoms with van der Waals surface area (Å²) in [5.41, 5.74) is 5.06. The molecule has 6 rings (SSSR count). The van der Waals surface area contributed by atoms with Crippen LogP contribution in [0.2, 0.25) is 0 Å². The van der Waals surface area contributed by atoms with Crippen LogP contribution in [0, 0.1) is 5.41 Å². The number of para-hydroxylation sites is 2. The monoisotopic (exact) mass is 649 g/mol. The van der Waals surface area contributed by atoms with Crippen LogP contribution in [0.1, 0.15) is 42.3 Å². The van der Waals surface area contributed by atoms with Crippen LogP contribution in [0.15, 0.2) is 126 Å². The Bertz CT molecular complexity index is 1890. The molecule has 1 N–H and O–H groups in total. The third-order valence-electron chi connectivity index (χ3n) is 8.04. The van der Waals surface area contributed by atoms with Gasteiger partial charge in [0.1, 0.15) is 24.7 Å². The zero-order valence-electron chi connectivity index (χ0n) is 26.2. The van der Waals surface area contributed by atoms with E-state index in [-0.39, 0.29) is 42.1 Å². The van der Waals surface area contributed by atoms with Crippen molar-refractivity contribution in [2.45, 2.75) is 33.0 Å². The van der Waals surface area contributed by atoms with E-state index in [1.807, 2.05) is 135 Å². The van der Waals surface area contributed by atoms with E-state index in [0.29, 0.717) is 13.2 Å². The van der Waals surface area contributed by atoms with Gasteiger partial charge in [-0.15, -0.1) is 0 Å². The van der Waals surface area contributed by atoms with E-state index in [9.17, 15) is 4.79 Å². The summed E-state index contributed by atoms with van der Waals surface area (Å²) in [5.74, 6) is 0.569. The molecule has 48 heavy (non-hydrogen) atoms. The maximum atomic E-state index is 12.0. The molecule has 0 saturated carbocycles. The molecule has 6 aromatic rings. The Labute approximate surface area is 301 Å². The fraction of sp³-hybridized carbons (Fsp3) is 0.179. The predicted octanol–water partition coefficient (Wildman–Crippen LogP) is 7.45. The van der Waals surface area contributed by atoms with Gasteiger partial charge in [0.05, 0.1) is 29.0 Å². The van der Waals surface area contributed by atoms with Crippen molar-refractivity contribution in [2.75, 3.05) is 6.61 Å². The molecule has 0 fully saturated rings. The van der Waals surface area contributed by atoms with Crippen LogP contribution >= 0.6 is 0 Å². The van der Waals surface area contributed by atoms with E-state index in [2.05, 4.69) is 5.16 Å². The second-order valence-corrected chi connectivity index (χ2v) is 12.0. The van der Waals surface area contributed by atoms with E-state index >= 15 is 0 Å². The topological polar surface area (TPSA) is 103 Å². The number of benzene rings is 4. The molecule has 8 nitrogen and oxygen atoms in total. The Balaban J connectivity index is 0.00000451. The molecular weight excluding hydrogens is 613 g/mol. The van der Waals surface area contributed by atoms with E-state index in [0.717, 1.165) is 62.0 Å². The molecule has 0 radical (unpaired) electrons.